The molecule has 0 N–H and O–H groups in total. The molecule has 0 saturated carbocycles. The molecule has 1 fully saturated rings. The third-order valence-electron chi connectivity index (χ3n) is 4.02. The monoisotopic (exact) mass is 319 g/mol. The second kappa shape index (κ2) is 5.19. The third-order valence-corrected chi connectivity index (χ3v) is 4.02. The number of carbonyl (C=O) groups excluding carboxylic acids is 1. The van der Waals surface area contributed by atoms with E-state index in [-0.39, 0.29) is 28.7 Å². The van der Waals surface area contributed by atoms with Gasteiger partial charge < -0.3 is 18.6 Å². The Kier molecular flexibility index (Phi) is 3.55. The van der Waals surface area contributed by atoms with Crippen molar-refractivity contribution in [2.75, 3.05) is 13.1 Å². The number of fused-ring (bicyclic) bond motifs is 1. The van der Waals surface area contributed by atoms with Gasteiger partial charge in [-0.1, -0.05) is 0 Å². The average molecular weight is 319 g/mol. The highest BCUT2D eigenvalue weighted by atomic mass is 16.5. The van der Waals surface area contributed by atoms with Gasteiger partial charge in [0, 0.05) is 20.1 Å². The predicted octanol–water partition coefficient (Wildman–Crippen LogP) is 1.47. The summed E-state index contributed by atoms with van der Waals surface area (Å²) < 4.78 is 12.7. The van der Waals surface area contributed by atoms with Crippen molar-refractivity contribution in [1.29, 1.82) is 0 Å². The minimum absolute atomic E-state index is 0.0675. The molecule has 7 nitrogen and oxygen atoms in total. The van der Waals surface area contributed by atoms with E-state index in [0.29, 0.717) is 24.4 Å². The van der Waals surface area contributed by atoms with Crippen LogP contribution in [0.5, 0.6) is 0 Å². The van der Waals surface area contributed by atoms with Crippen LogP contribution in [0.25, 0.3) is 11.1 Å². The Labute approximate surface area is 133 Å². The van der Waals surface area contributed by atoms with Gasteiger partial charge >= 0.3 is 0 Å². The lowest BCUT2D eigenvalue weighted by Crippen LogP contribution is -2.53. The summed E-state index contributed by atoms with van der Waals surface area (Å²) in [6.07, 6.45) is 1.32. The van der Waals surface area contributed by atoms with Crippen LogP contribution in [0.1, 0.15) is 36.9 Å². The number of hydrogen-bond acceptors (Lipinski definition) is 5. The maximum Gasteiger partial charge on any atom is 0.265 e. The van der Waals surface area contributed by atoms with Gasteiger partial charge in [-0.05, 0) is 27.7 Å². The largest absolute Gasteiger partial charge is 0.442 e. The van der Waals surface area contributed by atoms with Gasteiger partial charge in [0.2, 0.25) is 5.71 Å². The number of aromatic nitrogens is 2. The zero-order chi connectivity index (χ0) is 16.9. The predicted molar refractivity (Wildman–Crippen MR) is 84.5 cm³/mol. The lowest BCUT2D eigenvalue weighted by atomic mass is 10.0. The molecule has 0 spiro atoms. The lowest BCUT2D eigenvalue weighted by molar-refractivity contribution is -0.118. The molecule has 0 aromatic carbocycles. The fraction of sp³-hybridized carbons (Fsp3) is 0.562. The summed E-state index contributed by atoms with van der Waals surface area (Å²) in [6.45, 7) is 8.46. The van der Waals surface area contributed by atoms with Crippen LogP contribution in [0.3, 0.4) is 0 Å². The summed E-state index contributed by atoms with van der Waals surface area (Å²) in [5, 5.41) is 0.245. The summed E-state index contributed by atoms with van der Waals surface area (Å²) in [5.74, 6) is 0.201. The number of carbonyl (C=O) groups is 1. The van der Waals surface area contributed by atoms with Crippen LogP contribution in [0.4, 0.5) is 0 Å². The minimum atomic E-state index is -0.427. The summed E-state index contributed by atoms with van der Waals surface area (Å²) >= 11 is 0. The van der Waals surface area contributed by atoms with Crippen molar-refractivity contribution in [2.45, 2.75) is 39.4 Å². The first-order valence-electron chi connectivity index (χ1n) is 7.61. The number of amides is 1. The highest BCUT2D eigenvalue weighted by Gasteiger charge is 2.36. The average Bonchev–Trinajstić information content (AvgIpc) is 2.77. The molecular formula is C16H21N3O4. The molecule has 1 aliphatic rings. The van der Waals surface area contributed by atoms with Gasteiger partial charge in [0.1, 0.15) is 17.5 Å². The van der Waals surface area contributed by atoms with Gasteiger partial charge in [-0.2, -0.15) is 0 Å². The van der Waals surface area contributed by atoms with Crippen molar-refractivity contribution in [3.8, 4) is 0 Å². The van der Waals surface area contributed by atoms with Gasteiger partial charge in [0.25, 0.3) is 11.5 Å². The summed E-state index contributed by atoms with van der Waals surface area (Å²) in [7, 11) is 1.60. The molecule has 1 saturated heterocycles. The standard InChI is InChI=1S/C16H21N3O4/c1-9-6-19(7-16(3,4)23-9)15(21)11-10(2)22-13-12(11)14(20)18(5)8-17-13/h8-9H,6-7H2,1-5H3/t9-/m0/s1. The van der Waals surface area contributed by atoms with E-state index in [0.717, 1.165) is 0 Å². The molecule has 1 amide bonds. The molecule has 1 aliphatic heterocycles. The third kappa shape index (κ3) is 2.65. The molecule has 0 aliphatic carbocycles. The van der Waals surface area contributed by atoms with Crippen LogP contribution in [-0.2, 0) is 11.8 Å². The Morgan fingerprint density at radius 1 is 1.43 bits per heavy atom. The Balaban J connectivity index is 2.10. The van der Waals surface area contributed by atoms with Crippen molar-refractivity contribution in [1.82, 2.24) is 14.5 Å². The van der Waals surface area contributed by atoms with Crippen molar-refractivity contribution in [3.05, 3.63) is 28.0 Å². The van der Waals surface area contributed by atoms with Crippen LogP contribution in [0, 0.1) is 6.92 Å². The first-order valence-corrected chi connectivity index (χ1v) is 7.61. The van der Waals surface area contributed by atoms with E-state index >= 15 is 0 Å². The van der Waals surface area contributed by atoms with Gasteiger partial charge in [-0.25, -0.2) is 4.98 Å². The van der Waals surface area contributed by atoms with Crippen molar-refractivity contribution in [2.24, 2.45) is 7.05 Å². The number of hydrogen-bond donors (Lipinski definition) is 0. The Morgan fingerprint density at radius 2 is 2.13 bits per heavy atom. The van der Waals surface area contributed by atoms with Crippen LogP contribution in [0.2, 0.25) is 0 Å². The van der Waals surface area contributed by atoms with Crippen molar-refractivity contribution < 1.29 is 13.9 Å². The van der Waals surface area contributed by atoms with E-state index in [1.165, 1.54) is 10.9 Å². The van der Waals surface area contributed by atoms with Crippen LogP contribution in [-0.4, -0.2) is 45.2 Å². The smallest absolute Gasteiger partial charge is 0.265 e. The molecule has 1 atom stereocenters. The maximum atomic E-state index is 13.0. The molecular weight excluding hydrogens is 298 g/mol. The van der Waals surface area contributed by atoms with Crippen molar-refractivity contribution >= 4 is 17.0 Å². The molecule has 2 aromatic rings. The molecule has 7 heteroatoms. The molecule has 23 heavy (non-hydrogen) atoms. The number of rotatable bonds is 1. The normalized spacial score (nSPS) is 20.9. The van der Waals surface area contributed by atoms with Crippen molar-refractivity contribution in [3.63, 3.8) is 0 Å². The molecule has 2 aromatic heterocycles. The Morgan fingerprint density at radius 3 is 2.78 bits per heavy atom. The summed E-state index contributed by atoms with van der Waals surface area (Å²) in [6, 6.07) is 0. The zero-order valence-electron chi connectivity index (χ0n) is 14.0. The quantitative estimate of drug-likeness (QED) is 0.795. The minimum Gasteiger partial charge on any atom is -0.442 e. The SMILES string of the molecule is Cc1oc2ncn(C)c(=O)c2c1C(=O)N1C[C@H](C)OC(C)(C)C1. The molecule has 0 bridgehead atoms. The Bertz CT molecular complexity index is 834. The zero-order valence-corrected chi connectivity index (χ0v) is 14.0. The molecule has 0 unspecified atom stereocenters. The van der Waals surface area contributed by atoms with E-state index < -0.39 is 5.60 Å². The van der Waals surface area contributed by atoms with Gasteiger partial charge in [-0.15, -0.1) is 0 Å². The fourth-order valence-corrected chi connectivity index (χ4v) is 3.21. The fourth-order valence-electron chi connectivity index (χ4n) is 3.21. The highest BCUT2D eigenvalue weighted by molar-refractivity contribution is 6.06. The molecule has 3 rings (SSSR count). The van der Waals surface area contributed by atoms with Crippen LogP contribution in [0.15, 0.2) is 15.5 Å². The van der Waals surface area contributed by atoms with Gasteiger partial charge in [-0.3, -0.25) is 9.59 Å². The van der Waals surface area contributed by atoms with Gasteiger partial charge in [0.05, 0.1) is 17.3 Å². The molecule has 0 radical (unpaired) electrons. The first kappa shape index (κ1) is 15.7. The van der Waals surface area contributed by atoms with Gasteiger partial charge in [0.15, 0.2) is 0 Å². The highest BCUT2D eigenvalue weighted by Crippen LogP contribution is 2.26. The number of ether oxygens (including phenoxy) is 1. The van der Waals surface area contributed by atoms with E-state index in [2.05, 4.69) is 4.98 Å². The summed E-state index contributed by atoms with van der Waals surface area (Å²) in [5.41, 5.74) is -0.201. The first-order chi connectivity index (χ1) is 10.7. The lowest BCUT2D eigenvalue weighted by Gasteiger charge is -2.41. The topological polar surface area (TPSA) is 77.6 Å². The van der Waals surface area contributed by atoms with Crippen LogP contribution >= 0.6 is 0 Å². The van der Waals surface area contributed by atoms with E-state index in [4.69, 9.17) is 9.15 Å². The second-order valence-electron chi connectivity index (χ2n) is 6.75. The van der Waals surface area contributed by atoms with E-state index in [1.54, 1.807) is 18.9 Å². The van der Waals surface area contributed by atoms with E-state index in [1.807, 2.05) is 20.8 Å². The number of morpholine rings is 1. The number of furan rings is 1. The Hall–Kier alpha value is -2.15. The van der Waals surface area contributed by atoms with E-state index in [9.17, 15) is 9.59 Å². The number of nitrogens with zero attached hydrogens (tertiary/aromatic N) is 3. The second-order valence-corrected chi connectivity index (χ2v) is 6.75. The van der Waals surface area contributed by atoms with Crippen LogP contribution < -0.4 is 5.56 Å². The molecule has 3 heterocycles. The summed E-state index contributed by atoms with van der Waals surface area (Å²) in [4.78, 5) is 31.3. The maximum absolute atomic E-state index is 13.0. The number of aryl methyl sites for hydroxylation is 2. The molecule has 124 valence electrons.